The molecule has 0 bridgehead atoms. The molecule has 0 atom stereocenters. The molecule has 1 saturated carbocycles. The molecule has 1 fully saturated rings. The van der Waals surface area contributed by atoms with Crippen molar-refractivity contribution in [3.63, 3.8) is 0 Å². The van der Waals surface area contributed by atoms with E-state index >= 15 is 0 Å². The summed E-state index contributed by atoms with van der Waals surface area (Å²) < 4.78 is 12.6. The second-order valence-corrected chi connectivity index (χ2v) is 6.50. The van der Waals surface area contributed by atoms with Crippen LogP contribution in [0.15, 0.2) is 16.6 Å². The monoisotopic (exact) mass is 341 g/mol. The Labute approximate surface area is 130 Å². The number of ether oxygens (including phenoxy) is 2. The molecule has 2 rings (SSSR count). The molecular weight excluding hydrogens is 318 g/mol. The number of hydrogen-bond acceptors (Lipinski definition) is 3. The van der Waals surface area contributed by atoms with Gasteiger partial charge in [0.1, 0.15) is 0 Å². The van der Waals surface area contributed by atoms with E-state index in [0.717, 1.165) is 41.2 Å². The first-order valence-electron chi connectivity index (χ1n) is 7.37. The van der Waals surface area contributed by atoms with Gasteiger partial charge in [-0.1, -0.05) is 6.92 Å². The highest BCUT2D eigenvalue weighted by Gasteiger charge is 2.22. The van der Waals surface area contributed by atoms with Crippen LogP contribution in [-0.2, 0) is 6.42 Å². The number of halogens is 1. The third-order valence-electron chi connectivity index (χ3n) is 3.97. The zero-order valence-electron chi connectivity index (χ0n) is 12.3. The lowest BCUT2D eigenvalue weighted by molar-refractivity contribution is 0.130. The Balaban J connectivity index is 2.14. The van der Waals surface area contributed by atoms with E-state index in [1.807, 2.05) is 6.07 Å². The first-order valence-corrected chi connectivity index (χ1v) is 8.16. The topological polar surface area (TPSA) is 44.5 Å². The van der Waals surface area contributed by atoms with Gasteiger partial charge in [-0.2, -0.15) is 0 Å². The normalized spacial score (nSPS) is 22.6. The summed E-state index contributed by atoms with van der Waals surface area (Å²) in [5.41, 5.74) is 6.78. The number of benzene rings is 1. The number of rotatable bonds is 5. The van der Waals surface area contributed by atoms with Crippen LogP contribution in [0.5, 0.6) is 11.5 Å². The van der Waals surface area contributed by atoms with Crippen LogP contribution in [0, 0.1) is 5.92 Å². The number of nitrogens with two attached hydrogens (primary N) is 1. The van der Waals surface area contributed by atoms with Crippen molar-refractivity contribution in [1.82, 2.24) is 0 Å². The van der Waals surface area contributed by atoms with E-state index in [1.165, 1.54) is 18.4 Å². The largest absolute Gasteiger partial charge is 0.493 e. The molecule has 2 N–H and O–H groups in total. The summed E-state index contributed by atoms with van der Waals surface area (Å²) in [6.07, 6.45) is 5.89. The Morgan fingerprint density at radius 1 is 1.25 bits per heavy atom. The van der Waals surface area contributed by atoms with Crippen LogP contribution in [0.2, 0.25) is 0 Å². The van der Waals surface area contributed by atoms with E-state index in [-0.39, 0.29) is 0 Å². The Hall–Kier alpha value is -0.740. The van der Waals surface area contributed by atoms with Crippen LogP contribution in [0.25, 0.3) is 0 Å². The minimum absolute atomic E-state index is 0.303. The highest BCUT2D eigenvalue weighted by molar-refractivity contribution is 9.10. The minimum Gasteiger partial charge on any atom is -0.493 e. The molecule has 112 valence electrons. The third-order valence-corrected chi connectivity index (χ3v) is 4.56. The van der Waals surface area contributed by atoms with E-state index in [0.29, 0.717) is 12.6 Å². The molecule has 0 aromatic heterocycles. The SMILES string of the molecule is COc1cc(CCN)cc(Br)c1OC1CCC(C)CC1. The molecule has 0 aliphatic heterocycles. The van der Waals surface area contributed by atoms with Crippen molar-refractivity contribution in [3.8, 4) is 11.5 Å². The zero-order valence-corrected chi connectivity index (χ0v) is 13.9. The van der Waals surface area contributed by atoms with Crippen molar-refractivity contribution in [2.45, 2.75) is 45.1 Å². The van der Waals surface area contributed by atoms with Gasteiger partial charge in [0.05, 0.1) is 17.7 Å². The maximum absolute atomic E-state index is 6.19. The molecule has 0 heterocycles. The molecule has 0 unspecified atom stereocenters. The summed E-state index contributed by atoms with van der Waals surface area (Å²) >= 11 is 3.60. The molecule has 20 heavy (non-hydrogen) atoms. The van der Waals surface area contributed by atoms with E-state index in [2.05, 4.69) is 28.9 Å². The lowest BCUT2D eigenvalue weighted by Crippen LogP contribution is -2.23. The van der Waals surface area contributed by atoms with Gasteiger partial charge < -0.3 is 15.2 Å². The summed E-state index contributed by atoms with van der Waals surface area (Å²) in [6.45, 7) is 2.95. The molecule has 4 heteroatoms. The van der Waals surface area contributed by atoms with Crippen LogP contribution < -0.4 is 15.2 Å². The molecular formula is C16H24BrNO2. The summed E-state index contributed by atoms with van der Waals surface area (Å²) in [7, 11) is 1.68. The summed E-state index contributed by atoms with van der Waals surface area (Å²) in [5, 5.41) is 0. The van der Waals surface area contributed by atoms with Gasteiger partial charge in [-0.3, -0.25) is 0 Å². The molecule has 0 saturated heterocycles. The fraction of sp³-hybridized carbons (Fsp3) is 0.625. The fourth-order valence-corrected chi connectivity index (χ4v) is 3.30. The summed E-state index contributed by atoms with van der Waals surface area (Å²) in [5.74, 6) is 2.45. The Bertz CT molecular complexity index is 442. The summed E-state index contributed by atoms with van der Waals surface area (Å²) in [4.78, 5) is 0. The molecule has 0 amide bonds. The second-order valence-electron chi connectivity index (χ2n) is 5.65. The van der Waals surface area contributed by atoms with Crippen molar-refractivity contribution in [1.29, 1.82) is 0 Å². The van der Waals surface area contributed by atoms with Gasteiger partial charge in [0.15, 0.2) is 11.5 Å². The Morgan fingerprint density at radius 2 is 1.95 bits per heavy atom. The molecule has 0 spiro atoms. The van der Waals surface area contributed by atoms with Crippen LogP contribution in [0.1, 0.15) is 38.2 Å². The smallest absolute Gasteiger partial charge is 0.175 e. The zero-order chi connectivity index (χ0) is 14.5. The van der Waals surface area contributed by atoms with E-state index in [9.17, 15) is 0 Å². The average Bonchev–Trinajstić information content (AvgIpc) is 2.44. The molecule has 3 nitrogen and oxygen atoms in total. The van der Waals surface area contributed by atoms with Crippen molar-refractivity contribution in [2.75, 3.05) is 13.7 Å². The predicted octanol–water partition coefficient (Wildman–Crippen LogP) is 3.92. The van der Waals surface area contributed by atoms with Crippen molar-refractivity contribution in [2.24, 2.45) is 11.7 Å². The lowest BCUT2D eigenvalue weighted by Gasteiger charge is -2.28. The van der Waals surface area contributed by atoms with Gasteiger partial charge >= 0.3 is 0 Å². The third kappa shape index (κ3) is 3.89. The molecule has 0 radical (unpaired) electrons. The molecule has 1 aromatic carbocycles. The minimum atomic E-state index is 0.303. The average molecular weight is 342 g/mol. The molecule has 1 aliphatic carbocycles. The second kappa shape index (κ2) is 7.32. The standard InChI is InChI=1S/C16H24BrNO2/c1-11-3-5-13(6-4-11)20-16-14(17)9-12(7-8-18)10-15(16)19-2/h9-11,13H,3-8,18H2,1-2H3. The maximum atomic E-state index is 6.19. The Morgan fingerprint density at radius 3 is 2.55 bits per heavy atom. The number of methoxy groups -OCH3 is 1. The molecule has 1 aliphatic rings. The van der Waals surface area contributed by atoms with Crippen LogP contribution in [0.4, 0.5) is 0 Å². The first kappa shape index (κ1) is 15.6. The van der Waals surface area contributed by atoms with Crippen molar-refractivity contribution >= 4 is 15.9 Å². The maximum Gasteiger partial charge on any atom is 0.175 e. The van der Waals surface area contributed by atoms with Crippen molar-refractivity contribution in [3.05, 3.63) is 22.2 Å². The Kier molecular flexibility index (Phi) is 5.73. The lowest BCUT2D eigenvalue weighted by atomic mass is 9.89. The van der Waals surface area contributed by atoms with Gasteiger partial charge in [0.25, 0.3) is 0 Å². The van der Waals surface area contributed by atoms with Gasteiger partial charge in [-0.05, 0) is 78.2 Å². The highest BCUT2D eigenvalue weighted by atomic mass is 79.9. The van der Waals surface area contributed by atoms with Gasteiger partial charge in [-0.15, -0.1) is 0 Å². The van der Waals surface area contributed by atoms with E-state index in [1.54, 1.807) is 7.11 Å². The van der Waals surface area contributed by atoms with E-state index < -0.39 is 0 Å². The highest BCUT2D eigenvalue weighted by Crippen LogP contribution is 2.39. The van der Waals surface area contributed by atoms with Crippen LogP contribution in [0.3, 0.4) is 0 Å². The van der Waals surface area contributed by atoms with Gasteiger partial charge in [0, 0.05) is 0 Å². The van der Waals surface area contributed by atoms with Crippen LogP contribution in [-0.4, -0.2) is 19.8 Å². The summed E-state index contributed by atoms with van der Waals surface area (Å²) in [6, 6.07) is 4.11. The van der Waals surface area contributed by atoms with Crippen LogP contribution >= 0.6 is 15.9 Å². The predicted molar refractivity (Wildman–Crippen MR) is 85.5 cm³/mol. The number of hydrogen-bond donors (Lipinski definition) is 1. The molecule has 1 aromatic rings. The van der Waals surface area contributed by atoms with Crippen molar-refractivity contribution < 1.29 is 9.47 Å². The van der Waals surface area contributed by atoms with Gasteiger partial charge in [0.2, 0.25) is 0 Å². The van der Waals surface area contributed by atoms with E-state index in [4.69, 9.17) is 15.2 Å². The fourth-order valence-electron chi connectivity index (χ4n) is 2.71. The van der Waals surface area contributed by atoms with Gasteiger partial charge in [-0.25, -0.2) is 0 Å². The first-order chi connectivity index (χ1) is 9.63. The quantitative estimate of drug-likeness (QED) is 0.882.